The minimum absolute atomic E-state index is 0. The first-order valence-electron chi connectivity index (χ1n) is 7.16. The molecule has 2 N–H and O–H groups in total. The quantitative estimate of drug-likeness (QED) is 0.318. The van der Waals surface area contributed by atoms with Crippen LogP contribution in [0.15, 0.2) is 15.6 Å². The molecule has 0 radical (unpaired) electrons. The lowest BCUT2D eigenvalue weighted by Gasteiger charge is -2.07. The van der Waals surface area contributed by atoms with Crippen LogP contribution in [0.2, 0.25) is 0 Å². The number of terminal acetylenes is 1. The van der Waals surface area contributed by atoms with E-state index < -0.39 is 0 Å². The smallest absolute Gasteiger partial charge is 0.192 e. The molecule has 0 atom stereocenters. The van der Waals surface area contributed by atoms with Gasteiger partial charge in [0.15, 0.2) is 11.7 Å². The number of halogens is 1. The van der Waals surface area contributed by atoms with Crippen LogP contribution in [0.4, 0.5) is 0 Å². The number of hydrogen-bond donors (Lipinski definition) is 2. The van der Waals surface area contributed by atoms with E-state index in [2.05, 4.69) is 40.6 Å². The van der Waals surface area contributed by atoms with E-state index in [1.165, 1.54) is 0 Å². The molecule has 0 saturated carbocycles. The zero-order chi connectivity index (χ0) is 14.8. The lowest BCUT2D eigenvalue weighted by atomic mass is 9.99. The normalized spacial score (nSPS) is 10.9. The summed E-state index contributed by atoms with van der Waals surface area (Å²) >= 11 is 0. The number of nitrogens with one attached hydrogen (secondary N) is 2. The van der Waals surface area contributed by atoms with E-state index >= 15 is 0 Å². The summed E-state index contributed by atoms with van der Waals surface area (Å²) in [6.07, 6.45) is 7.36. The fraction of sp³-hybridized carbons (Fsp3) is 0.600. The van der Waals surface area contributed by atoms with Gasteiger partial charge in [0.1, 0.15) is 6.54 Å². The SMILES string of the molecule is C#CCNC(=NCc1cc(C(CC)CC)no1)NCC.I. The predicted octanol–water partition coefficient (Wildman–Crippen LogP) is 2.88. The molecule has 0 fully saturated rings. The van der Waals surface area contributed by atoms with Gasteiger partial charge in [0.25, 0.3) is 0 Å². The van der Waals surface area contributed by atoms with Gasteiger partial charge in [-0.15, -0.1) is 30.4 Å². The van der Waals surface area contributed by atoms with Gasteiger partial charge < -0.3 is 15.2 Å². The standard InChI is InChI=1S/C15H24N4O.HI/c1-5-9-17-15(16-8-4)18-11-13-10-14(19-20-13)12(6-2)7-3;/h1,10,12H,6-9,11H2,2-4H3,(H2,16,17,18);1H. The highest BCUT2D eigenvalue weighted by molar-refractivity contribution is 14.0. The molecule has 1 rings (SSSR count). The highest BCUT2D eigenvalue weighted by Crippen LogP contribution is 2.22. The van der Waals surface area contributed by atoms with E-state index in [4.69, 9.17) is 10.9 Å². The van der Waals surface area contributed by atoms with Crippen LogP contribution in [-0.2, 0) is 6.54 Å². The Bertz CT molecular complexity index is 460. The molecule has 0 aromatic carbocycles. The van der Waals surface area contributed by atoms with Gasteiger partial charge in [0, 0.05) is 18.5 Å². The van der Waals surface area contributed by atoms with Gasteiger partial charge in [-0.1, -0.05) is 24.9 Å². The second-order valence-corrected chi connectivity index (χ2v) is 4.48. The van der Waals surface area contributed by atoms with Crippen LogP contribution in [0, 0.1) is 12.3 Å². The van der Waals surface area contributed by atoms with Gasteiger partial charge in [-0.25, -0.2) is 4.99 Å². The Kier molecular flexibility index (Phi) is 10.8. The average Bonchev–Trinajstić information content (AvgIpc) is 2.92. The van der Waals surface area contributed by atoms with E-state index in [1.807, 2.05) is 13.0 Å². The van der Waals surface area contributed by atoms with Crippen molar-refractivity contribution >= 4 is 29.9 Å². The van der Waals surface area contributed by atoms with Gasteiger partial charge in [-0.05, 0) is 19.8 Å². The molecule has 0 unspecified atom stereocenters. The van der Waals surface area contributed by atoms with Crippen LogP contribution < -0.4 is 10.6 Å². The molecule has 5 nitrogen and oxygen atoms in total. The van der Waals surface area contributed by atoms with Crippen molar-refractivity contribution < 1.29 is 4.52 Å². The van der Waals surface area contributed by atoms with E-state index in [1.54, 1.807) is 0 Å². The van der Waals surface area contributed by atoms with Crippen molar-refractivity contribution in [3.8, 4) is 12.3 Å². The van der Waals surface area contributed by atoms with Gasteiger partial charge in [-0.2, -0.15) is 0 Å². The first kappa shape index (κ1) is 19.8. The Morgan fingerprint density at radius 2 is 2.10 bits per heavy atom. The number of nitrogens with zero attached hydrogens (tertiary/aromatic N) is 2. The highest BCUT2D eigenvalue weighted by atomic mass is 127. The van der Waals surface area contributed by atoms with E-state index in [0.29, 0.717) is 25.0 Å². The first-order valence-corrected chi connectivity index (χ1v) is 7.16. The number of hydrogen-bond acceptors (Lipinski definition) is 3. The summed E-state index contributed by atoms with van der Waals surface area (Å²) in [5.41, 5.74) is 1.02. The summed E-state index contributed by atoms with van der Waals surface area (Å²) in [5.74, 6) is 4.44. The molecule has 1 aromatic heterocycles. The second-order valence-electron chi connectivity index (χ2n) is 4.48. The van der Waals surface area contributed by atoms with Gasteiger partial charge >= 0.3 is 0 Å². The lowest BCUT2D eigenvalue weighted by molar-refractivity contribution is 0.372. The summed E-state index contributed by atoms with van der Waals surface area (Å²) < 4.78 is 5.33. The molecule has 0 aliphatic heterocycles. The van der Waals surface area contributed by atoms with Crippen molar-refractivity contribution in [3.63, 3.8) is 0 Å². The fourth-order valence-electron chi connectivity index (χ4n) is 1.94. The van der Waals surface area contributed by atoms with Crippen molar-refractivity contribution in [3.05, 3.63) is 17.5 Å². The zero-order valence-electron chi connectivity index (χ0n) is 13.0. The number of aliphatic imine (C=N–C) groups is 1. The van der Waals surface area contributed by atoms with Crippen molar-refractivity contribution in [2.75, 3.05) is 13.1 Å². The first-order chi connectivity index (χ1) is 9.74. The lowest BCUT2D eigenvalue weighted by Crippen LogP contribution is -2.37. The molecule has 118 valence electrons. The van der Waals surface area contributed by atoms with Crippen LogP contribution >= 0.6 is 24.0 Å². The van der Waals surface area contributed by atoms with Crippen LogP contribution in [-0.4, -0.2) is 24.2 Å². The van der Waals surface area contributed by atoms with Crippen molar-refractivity contribution in [1.82, 2.24) is 15.8 Å². The summed E-state index contributed by atoms with van der Waals surface area (Å²) in [5, 5.41) is 10.3. The molecule has 6 heteroatoms. The van der Waals surface area contributed by atoms with Crippen LogP contribution in [0.5, 0.6) is 0 Å². The Morgan fingerprint density at radius 3 is 2.67 bits per heavy atom. The maximum Gasteiger partial charge on any atom is 0.192 e. The molecule has 21 heavy (non-hydrogen) atoms. The topological polar surface area (TPSA) is 62.5 Å². The monoisotopic (exact) mass is 404 g/mol. The van der Waals surface area contributed by atoms with Gasteiger partial charge in [0.05, 0.1) is 12.2 Å². The molecular formula is C15H25IN4O. The Labute approximate surface area is 144 Å². The van der Waals surface area contributed by atoms with Crippen LogP contribution in [0.1, 0.15) is 51.0 Å². The third kappa shape index (κ3) is 6.85. The summed E-state index contributed by atoms with van der Waals surface area (Å²) in [4.78, 5) is 4.41. The molecule has 0 aliphatic rings. The van der Waals surface area contributed by atoms with E-state index in [-0.39, 0.29) is 24.0 Å². The predicted molar refractivity (Wildman–Crippen MR) is 96.9 cm³/mol. The Morgan fingerprint density at radius 1 is 1.38 bits per heavy atom. The largest absolute Gasteiger partial charge is 0.359 e. The fourth-order valence-corrected chi connectivity index (χ4v) is 1.94. The minimum atomic E-state index is 0. The molecule has 0 saturated heterocycles. The molecule has 1 heterocycles. The minimum Gasteiger partial charge on any atom is -0.359 e. The summed E-state index contributed by atoms with van der Waals surface area (Å²) in [6.45, 7) is 8.01. The zero-order valence-corrected chi connectivity index (χ0v) is 15.3. The second kappa shape index (κ2) is 11.4. The third-order valence-electron chi connectivity index (χ3n) is 3.08. The molecular weight excluding hydrogens is 379 g/mol. The Hall–Kier alpha value is -1.23. The number of aromatic nitrogens is 1. The third-order valence-corrected chi connectivity index (χ3v) is 3.08. The molecule has 0 spiro atoms. The Balaban J connectivity index is 0.00000400. The van der Waals surface area contributed by atoms with Crippen molar-refractivity contribution in [1.29, 1.82) is 0 Å². The van der Waals surface area contributed by atoms with Crippen LogP contribution in [0.25, 0.3) is 0 Å². The maximum absolute atomic E-state index is 5.33. The molecule has 0 bridgehead atoms. The number of guanidine groups is 1. The van der Waals surface area contributed by atoms with E-state index in [0.717, 1.165) is 30.8 Å². The highest BCUT2D eigenvalue weighted by Gasteiger charge is 2.12. The number of rotatable bonds is 7. The van der Waals surface area contributed by atoms with Crippen molar-refractivity contribution in [2.45, 2.75) is 46.1 Å². The van der Waals surface area contributed by atoms with Gasteiger partial charge in [0.2, 0.25) is 0 Å². The van der Waals surface area contributed by atoms with Crippen LogP contribution in [0.3, 0.4) is 0 Å². The van der Waals surface area contributed by atoms with E-state index in [9.17, 15) is 0 Å². The van der Waals surface area contributed by atoms with Crippen molar-refractivity contribution in [2.24, 2.45) is 4.99 Å². The molecule has 0 aliphatic carbocycles. The molecule has 1 aromatic rings. The van der Waals surface area contributed by atoms with Gasteiger partial charge in [-0.3, -0.25) is 0 Å². The molecule has 0 amide bonds. The maximum atomic E-state index is 5.33. The average molecular weight is 404 g/mol. The summed E-state index contributed by atoms with van der Waals surface area (Å²) in [6, 6.07) is 1.99. The summed E-state index contributed by atoms with van der Waals surface area (Å²) in [7, 11) is 0.